The third-order valence-electron chi connectivity index (χ3n) is 4.75. The smallest absolute Gasteiger partial charge is 0.337 e. The van der Waals surface area contributed by atoms with Crippen LogP contribution in [0.4, 0.5) is 5.69 Å². The molecule has 6 nitrogen and oxygen atoms in total. The Hall–Kier alpha value is -3.71. The molecule has 0 fully saturated rings. The van der Waals surface area contributed by atoms with Gasteiger partial charge in [-0.3, -0.25) is 4.79 Å². The quantitative estimate of drug-likeness (QED) is 0.252. The van der Waals surface area contributed by atoms with E-state index in [1.165, 1.54) is 18.9 Å². The molecule has 0 aliphatic rings. The van der Waals surface area contributed by atoms with Crippen LogP contribution >= 0.6 is 11.8 Å². The number of para-hydroxylation sites is 1. The number of carbonyl (C=O) groups is 2. The van der Waals surface area contributed by atoms with E-state index >= 15 is 0 Å². The molecule has 32 heavy (non-hydrogen) atoms. The van der Waals surface area contributed by atoms with Crippen LogP contribution in [0.1, 0.15) is 21.7 Å². The van der Waals surface area contributed by atoms with E-state index in [0.29, 0.717) is 17.7 Å². The molecular formula is C25H21N3O3S. The third kappa shape index (κ3) is 5.31. The first kappa shape index (κ1) is 21.5. The van der Waals surface area contributed by atoms with E-state index in [1.54, 1.807) is 24.3 Å². The fourth-order valence-electron chi connectivity index (χ4n) is 3.20. The summed E-state index contributed by atoms with van der Waals surface area (Å²) >= 11 is 1.38. The molecule has 4 aromatic rings. The maximum absolute atomic E-state index is 12.5. The van der Waals surface area contributed by atoms with Crippen LogP contribution in [0.5, 0.6) is 0 Å². The Labute approximate surface area is 190 Å². The Bertz CT molecular complexity index is 1240. The summed E-state index contributed by atoms with van der Waals surface area (Å²) in [7, 11) is 1.33. The van der Waals surface area contributed by atoms with Crippen molar-refractivity contribution in [1.82, 2.24) is 9.97 Å². The Balaban J connectivity index is 1.47. The first-order valence-corrected chi connectivity index (χ1v) is 11.0. The number of fused-ring (bicyclic) bond motifs is 1. The maximum atomic E-state index is 12.5. The Morgan fingerprint density at radius 2 is 1.62 bits per heavy atom. The zero-order valence-corrected chi connectivity index (χ0v) is 18.3. The van der Waals surface area contributed by atoms with Crippen molar-refractivity contribution < 1.29 is 14.3 Å². The van der Waals surface area contributed by atoms with E-state index in [1.807, 2.05) is 54.6 Å². The summed E-state index contributed by atoms with van der Waals surface area (Å²) in [6, 6.07) is 24.4. The van der Waals surface area contributed by atoms with Gasteiger partial charge in [0.1, 0.15) is 10.9 Å². The average Bonchev–Trinajstić information content (AvgIpc) is 2.83. The van der Waals surface area contributed by atoms with Crippen molar-refractivity contribution in [1.29, 1.82) is 0 Å². The lowest BCUT2D eigenvalue weighted by atomic mass is 10.1. The van der Waals surface area contributed by atoms with Crippen LogP contribution in [-0.2, 0) is 16.0 Å². The largest absolute Gasteiger partial charge is 0.465 e. The van der Waals surface area contributed by atoms with Gasteiger partial charge in [-0.2, -0.15) is 0 Å². The topological polar surface area (TPSA) is 81.2 Å². The zero-order valence-electron chi connectivity index (χ0n) is 17.4. The SMILES string of the molecule is COC(=O)c1ccc(NC(=O)CSc2nc(Cc3ccccc3)nc3ccccc23)cc1. The summed E-state index contributed by atoms with van der Waals surface area (Å²) in [6.07, 6.45) is 0.623. The van der Waals surface area contributed by atoms with Gasteiger partial charge in [0.05, 0.1) is 23.9 Å². The maximum Gasteiger partial charge on any atom is 0.337 e. The van der Waals surface area contributed by atoms with Crippen LogP contribution in [-0.4, -0.2) is 34.7 Å². The Morgan fingerprint density at radius 3 is 2.38 bits per heavy atom. The fraction of sp³-hybridized carbons (Fsp3) is 0.120. The summed E-state index contributed by atoms with van der Waals surface area (Å²) in [5.41, 5.74) is 3.03. The Kier molecular flexibility index (Phi) is 6.77. The number of thioether (sulfide) groups is 1. The van der Waals surface area contributed by atoms with Crippen molar-refractivity contribution in [2.45, 2.75) is 11.4 Å². The van der Waals surface area contributed by atoms with Gasteiger partial charge in [0.15, 0.2) is 0 Å². The zero-order chi connectivity index (χ0) is 22.3. The van der Waals surface area contributed by atoms with E-state index in [2.05, 4.69) is 10.1 Å². The van der Waals surface area contributed by atoms with Crippen LogP contribution in [0.15, 0.2) is 83.9 Å². The molecule has 1 N–H and O–H groups in total. The van der Waals surface area contributed by atoms with Gasteiger partial charge in [-0.1, -0.05) is 60.3 Å². The molecule has 1 amide bonds. The van der Waals surface area contributed by atoms with Gasteiger partial charge in [-0.05, 0) is 35.9 Å². The van der Waals surface area contributed by atoms with E-state index in [-0.39, 0.29) is 11.7 Å². The summed E-state index contributed by atoms with van der Waals surface area (Å²) < 4.78 is 4.69. The number of amides is 1. The summed E-state index contributed by atoms with van der Waals surface area (Å²) in [5, 5.41) is 4.54. The number of aromatic nitrogens is 2. The van der Waals surface area contributed by atoms with Crippen molar-refractivity contribution >= 4 is 40.2 Å². The highest BCUT2D eigenvalue weighted by atomic mass is 32.2. The minimum atomic E-state index is -0.416. The van der Waals surface area contributed by atoms with Crippen molar-refractivity contribution in [3.63, 3.8) is 0 Å². The van der Waals surface area contributed by atoms with Gasteiger partial charge in [-0.25, -0.2) is 14.8 Å². The second-order valence-electron chi connectivity index (χ2n) is 7.03. The van der Waals surface area contributed by atoms with Crippen LogP contribution in [0.3, 0.4) is 0 Å². The normalized spacial score (nSPS) is 10.7. The standard InChI is InChI=1S/C25H21N3O3S/c1-31-25(30)18-11-13-19(14-12-18)26-23(29)16-32-24-20-9-5-6-10-21(20)27-22(28-24)15-17-7-3-2-4-8-17/h2-14H,15-16H2,1H3,(H,26,29). The number of nitrogens with one attached hydrogen (secondary N) is 1. The number of benzene rings is 3. The second-order valence-corrected chi connectivity index (χ2v) is 7.99. The lowest BCUT2D eigenvalue weighted by Crippen LogP contribution is -2.14. The predicted molar refractivity (Wildman–Crippen MR) is 126 cm³/mol. The number of carbonyl (C=O) groups excluding carboxylic acids is 2. The Morgan fingerprint density at radius 1 is 0.906 bits per heavy atom. The number of hydrogen-bond acceptors (Lipinski definition) is 6. The van der Waals surface area contributed by atoms with Crippen molar-refractivity contribution in [2.24, 2.45) is 0 Å². The number of rotatable bonds is 7. The van der Waals surface area contributed by atoms with E-state index in [9.17, 15) is 9.59 Å². The van der Waals surface area contributed by atoms with Crippen LogP contribution in [0.25, 0.3) is 10.9 Å². The molecule has 0 saturated heterocycles. The minimum absolute atomic E-state index is 0.159. The minimum Gasteiger partial charge on any atom is -0.465 e. The van der Waals surface area contributed by atoms with Gasteiger partial charge in [-0.15, -0.1) is 0 Å². The highest BCUT2D eigenvalue weighted by Gasteiger charge is 2.12. The fourth-order valence-corrected chi connectivity index (χ4v) is 4.04. The average molecular weight is 444 g/mol. The van der Waals surface area contributed by atoms with Crippen molar-refractivity contribution in [2.75, 3.05) is 18.2 Å². The molecule has 0 bridgehead atoms. The van der Waals surface area contributed by atoms with Crippen molar-refractivity contribution in [3.8, 4) is 0 Å². The highest BCUT2D eigenvalue weighted by Crippen LogP contribution is 2.26. The molecule has 160 valence electrons. The van der Waals surface area contributed by atoms with Gasteiger partial charge >= 0.3 is 5.97 Å². The molecule has 0 atom stereocenters. The number of esters is 1. The molecule has 7 heteroatoms. The second kappa shape index (κ2) is 10.1. The molecule has 0 unspecified atom stereocenters. The number of ether oxygens (including phenoxy) is 1. The first-order chi connectivity index (χ1) is 15.6. The number of methoxy groups -OCH3 is 1. The van der Waals surface area contributed by atoms with Crippen LogP contribution in [0.2, 0.25) is 0 Å². The van der Waals surface area contributed by atoms with Gasteiger partial charge in [0.25, 0.3) is 0 Å². The van der Waals surface area contributed by atoms with Gasteiger partial charge < -0.3 is 10.1 Å². The molecule has 4 rings (SSSR count). The summed E-state index contributed by atoms with van der Waals surface area (Å²) in [4.78, 5) is 33.5. The molecule has 0 saturated carbocycles. The van der Waals surface area contributed by atoms with Crippen LogP contribution < -0.4 is 5.32 Å². The van der Waals surface area contributed by atoms with E-state index in [4.69, 9.17) is 9.97 Å². The van der Waals surface area contributed by atoms with Gasteiger partial charge in [0.2, 0.25) is 5.91 Å². The molecule has 0 aliphatic carbocycles. The molecule has 3 aromatic carbocycles. The molecule has 1 heterocycles. The van der Waals surface area contributed by atoms with Crippen molar-refractivity contribution in [3.05, 3.63) is 95.8 Å². The lowest BCUT2D eigenvalue weighted by molar-refractivity contribution is -0.113. The summed E-state index contributed by atoms with van der Waals surface area (Å²) in [6.45, 7) is 0. The van der Waals surface area contributed by atoms with Crippen LogP contribution in [0, 0.1) is 0 Å². The molecular weight excluding hydrogens is 422 g/mol. The number of nitrogens with zero attached hydrogens (tertiary/aromatic N) is 2. The number of anilines is 1. The van der Waals surface area contributed by atoms with E-state index < -0.39 is 5.97 Å². The van der Waals surface area contributed by atoms with Gasteiger partial charge in [0, 0.05) is 17.5 Å². The molecule has 0 spiro atoms. The molecule has 1 aromatic heterocycles. The van der Waals surface area contributed by atoms with E-state index in [0.717, 1.165) is 27.3 Å². The monoisotopic (exact) mass is 443 g/mol. The molecule has 0 radical (unpaired) electrons. The highest BCUT2D eigenvalue weighted by molar-refractivity contribution is 8.00. The number of hydrogen-bond donors (Lipinski definition) is 1. The lowest BCUT2D eigenvalue weighted by Gasteiger charge is -2.09. The third-order valence-corrected chi connectivity index (χ3v) is 5.74. The summed E-state index contributed by atoms with van der Waals surface area (Å²) in [5.74, 6) is 0.342. The first-order valence-electron chi connectivity index (χ1n) is 10.0. The predicted octanol–water partition coefficient (Wildman–Crippen LogP) is 4.74. The molecule has 0 aliphatic heterocycles.